The minimum Gasteiger partial charge on any atom is -0.357 e. The lowest BCUT2D eigenvalue weighted by molar-refractivity contribution is -0.0405. The maximum atomic E-state index is 6.76. The second-order valence-electron chi connectivity index (χ2n) is 6.64. The predicted molar refractivity (Wildman–Crippen MR) is 99.7 cm³/mol. The van der Waals surface area contributed by atoms with Gasteiger partial charge in [0.25, 0.3) is 0 Å². The molecule has 4 rings (SSSR count). The van der Waals surface area contributed by atoms with Crippen molar-refractivity contribution < 1.29 is 4.74 Å². The Morgan fingerprint density at radius 3 is 2.79 bits per heavy atom. The molecule has 0 N–H and O–H groups in total. The van der Waals surface area contributed by atoms with E-state index in [1.54, 1.807) is 11.8 Å². The highest BCUT2D eigenvalue weighted by Gasteiger charge is 2.35. The van der Waals surface area contributed by atoms with E-state index < -0.39 is 0 Å². The van der Waals surface area contributed by atoms with Gasteiger partial charge in [0.1, 0.15) is 5.16 Å². The van der Waals surface area contributed by atoms with Gasteiger partial charge in [-0.3, -0.25) is 9.89 Å². The molecule has 0 radical (unpaired) electrons. The Morgan fingerprint density at radius 2 is 2.12 bits per heavy atom. The molecule has 2 aliphatic heterocycles. The molecule has 3 heterocycles. The maximum Gasteiger partial charge on any atom is 0.174 e. The van der Waals surface area contributed by atoms with Crippen LogP contribution in [0.2, 0.25) is 0 Å². The lowest BCUT2D eigenvalue weighted by Gasteiger charge is -2.31. The van der Waals surface area contributed by atoms with Crippen LogP contribution in [0.1, 0.15) is 44.0 Å². The average molecular weight is 367 g/mol. The highest BCUT2D eigenvalue weighted by molar-refractivity contribution is 7.99. The number of nitrogens with zero attached hydrogens (tertiary/aromatic N) is 4. The molecule has 130 valence electrons. The summed E-state index contributed by atoms with van der Waals surface area (Å²) >= 11 is 8.43. The summed E-state index contributed by atoms with van der Waals surface area (Å²) in [6.45, 7) is 2.89. The summed E-state index contributed by atoms with van der Waals surface area (Å²) < 4.78 is 7.90. The van der Waals surface area contributed by atoms with Crippen LogP contribution in [-0.2, 0) is 4.74 Å². The van der Waals surface area contributed by atoms with Gasteiger partial charge < -0.3 is 4.74 Å². The zero-order chi connectivity index (χ0) is 16.7. The fraction of sp³-hybridized carbons (Fsp3) is 0.647. The highest BCUT2D eigenvalue weighted by atomic mass is 35.5. The third-order valence-electron chi connectivity index (χ3n) is 4.82. The molecule has 1 saturated carbocycles. The summed E-state index contributed by atoms with van der Waals surface area (Å²) in [6, 6.07) is 2.09. The smallest absolute Gasteiger partial charge is 0.174 e. The molecule has 2 fully saturated rings. The number of anilines is 1. The van der Waals surface area contributed by atoms with Crippen molar-refractivity contribution in [1.29, 1.82) is 0 Å². The molecule has 0 amide bonds. The van der Waals surface area contributed by atoms with E-state index in [1.807, 2.05) is 10.9 Å². The number of thioether (sulfide) groups is 1. The van der Waals surface area contributed by atoms with Crippen LogP contribution in [0, 0.1) is 12.8 Å². The van der Waals surface area contributed by atoms with Gasteiger partial charge in [-0.15, -0.1) is 11.8 Å². The van der Waals surface area contributed by atoms with Crippen LogP contribution >= 0.6 is 23.4 Å². The molecule has 3 aliphatic rings. The molecule has 2 atom stereocenters. The van der Waals surface area contributed by atoms with Crippen LogP contribution in [0.25, 0.3) is 0 Å². The molecule has 1 aromatic heterocycles. The lowest BCUT2D eigenvalue weighted by atomic mass is 10.2. The van der Waals surface area contributed by atoms with Crippen molar-refractivity contribution in [3.63, 3.8) is 0 Å². The van der Waals surface area contributed by atoms with Crippen LogP contribution < -0.4 is 4.90 Å². The number of ether oxygens (including phenoxy) is 1. The third kappa shape index (κ3) is 3.00. The summed E-state index contributed by atoms with van der Waals surface area (Å²) in [5, 5.41) is 5.61. The fourth-order valence-electron chi connectivity index (χ4n) is 3.35. The zero-order valence-corrected chi connectivity index (χ0v) is 15.7. The monoisotopic (exact) mass is 366 g/mol. The molecule has 24 heavy (non-hydrogen) atoms. The van der Waals surface area contributed by atoms with Crippen molar-refractivity contribution in [2.75, 3.05) is 17.8 Å². The van der Waals surface area contributed by atoms with E-state index in [0.717, 1.165) is 41.7 Å². The summed E-state index contributed by atoms with van der Waals surface area (Å²) in [5.41, 5.74) is 2.20. The molecule has 7 heteroatoms. The highest BCUT2D eigenvalue weighted by Crippen LogP contribution is 2.43. The van der Waals surface area contributed by atoms with E-state index in [9.17, 15) is 0 Å². The first-order valence-electron chi connectivity index (χ1n) is 8.61. The largest absolute Gasteiger partial charge is 0.357 e. The van der Waals surface area contributed by atoms with Crippen molar-refractivity contribution in [2.45, 2.75) is 50.8 Å². The van der Waals surface area contributed by atoms with Crippen LogP contribution in [-0.4, -0.2) is 34.4 Å². The molecule has 1 aromatic rings. The van der Waals surface area contributed by atoms with Crippen molar-refractivity contribution in [2.24, 2.45) is 10.9 Å². The Kier molecular flexibility index (Phi) is 4.62. The van der Waals surface area contributed by atoms with E-state index in [2.05, 4.69) is 24.1 Å². The first-order chi connectivity index (χ1) is 11.7. The van der Waals surface area contributed by atoms with Gasteiger partial charge >= 0.3 is 0 Å². The van der Waals surface area contributed by atoms with Gasteiger partial charge in [0, 0.05) is 30.2 Å². The summed E-state index contributed by atoms with van der Waals surface area (Å²) in [6.07, 6.45) is 9.81. The second-order valence-corrected chi connectivity index (χ2v) is 7.89. The summed E-state index contributed by atoms with van der Waals surface area (Å²) in [4.78, 5) is 6.75. The van der Waals surface area contributed by atoms with Gasteiger partial charge in [0.15, 0.2) is 17.5 Å². The minimum atomic E-state index is -0.0602. The van der Waals surface area contributed by atoms with E-state index >= 15 is 0 Å². The molecule has 1 saturated heterocycles. The number of halogens is 1. The fourth-order valence-corrected chi connectivity index (χ4v) is 4.39. The Balaban J connectivity index is 1.67. The zero-order valence-electron chi connectivity index (χ0n) is 14.1. The van der Waals surface area contributed by atoms with E-state index in [1.165, 1.54) is 19.3 Å². The molecular formula is C17H23ClN4OS. The van der Waals surface area contributed by atoms with Crippen molar-refractivity contribution in [1.82, 2.24) is 9.78 Å². The molecule has 0 bridgehead atoms. The number of hydrogen-bond acceptors (Lipinski definition) is 5. The topological polar surface area (TPSA) is 42.7 Å². The number of aromatic nitrogens is 2. The van der Waals surface area contributed by atoms with Crippen LogP contribution in [0.3, 0.4) is 0 Å². The van der Waals surface area contributed by atoms with E-state index in [-0.39, 0.29) is 11.7 Å². The van der Waals surface area contributed by atoms with Gasteiger partial charge in [-0.05, 0) is 51.2 Å². The second kappa shape index (κ2) is 6.73. The van der Waals surface area contributed by atoms with Crippen LogP contribution in [0.15, 0.2) is 21.8 Å². The molecular weight excluding hydrogens is 344 g/mol. The van der Waals surface area contributed by atoms with Crippen LogP contribution in [0.5, 0.6) is 0 Å². The van der Waals surface area contributed by atoms with E-state index in [0.29, 0.717) is 5.92 Å². The van der Waals surface area contributed by atoms with Gasteiger partial charge in [-0.1, -0.05) is 11.6 Å². The normalized spacial score (nSPS) is 27.9. The number of aryl methyl sites for hydroxylation is 1. The quantitative estimate of drug-likeness (QED) is 0.745. The molecule has 0 aromatic carbocycles. The third-order valence-corrected chi connectivity index (χ3v) is 5.98. The number of aliphatic imine (C=N–C) groups is 1. The summed E-state index contributed by atoms with van der Waals surface area (Å²) in [5.74, 6) is 1.43. The van der Waals surface area contributed by atoms with Gasteiger partial charge in [0.2, 0.25) is 0 Å². The first kappa shape index (κ1) is 16.5. The predicted octanol–water partition coefficient (Wildman–Crippen LogP) is 4.29. The SMILES string of the molecule is CSC1N=CC(C2CC2)=C(Cl)N1c1cc(C)n(C2CCCCO2)n1. The molecule has 5 nitrogen and oxygen atoms in total. The number of allylic oxidation sites excluding steroid dienone is 1. The Bertz CT molecular complexity index is 676. The lowest BCUT2D eigenvalue weighted by Crippen LogP contribution is -2.33. The molecule has 2 unspecified atom stereocenters. The van der Waals surface area contributed by atoms with Gasteiger partial charge in [-0.25, -0.2) is 4.68 Å². The van der Waals surface area contributed by atoms with Gasteiger partial charge in [0.05, 0.1) is 0 Å². The van der Waals surface area contributed by atoms with E-state index in [4.69, 9.17) is 26.4 Å². The minimum absolute atomic E-state index is 0.0409. The first-order valence-corrected chi connectivity index (χ1v) is 10.3. The van der Waals surface area contributed by atoms with Crippen molar-refractivity contribution in [3.8, 4) is 0 Å². The average Bonchev–Trinajstić information content (AvgIpc) is 3.37. The summed E-state index contributed by atoms with van der Waals surface area (Å²) in [7, 11) is 0. The maximum absolute atomic E-state index is 6.76. The Labute approximate surface area is 152 Å². The molecule has 0 spiro atoms. The number of hydrogen-bond donors (Lipinski definition) is 0. The van der Waals surface area contributed by atoms with Gasteiger partial charge in [-0.2, -0.15) is 5.10 Å². The number of rotatable bonds is 4. The standard InChI is InChI=1S/C17H23ClN4OS/c1-11-9-14(20-22(11)15-5-3-4-8-23-15)21-16(18)13(12-6-7-12)10-19-17(21)24-2/h9-10,12,15,17H,3-8H2,1-2H3. The Hall–Kier alpha value is -0.980. The van der Waals surface area contributed by atoms with Crippen LogP contribution in [0.4, 0.5) is 5.82 Å². The van der Waals surface area contributed by atoms with Crippen molar-refractivity contribution >= 4 is 35.4 Å². The molecule has 1 aliphatic carbocycles. The Morgan fingerprint density at radius 1 is 1.29 bits per heavy atom. The van der Waals surface area contributed by atoms with Crippen molar-refractivity contribution in [3.05, 3.63) is 22.5 Å².